The fraction of sp³-hybridized carbons (Fsp3) is 0.143. The van der Waals surface area contributed by atoms with Crippen LogP contribution in [0, 0.1) is 0 Å². The van der Waals surface area contributed by atoms with Gasteiger partial charge < -0.3 is 10.2 Å². The highest BCUT2D eigenvalue weighted by molar-refractivity contribution is 5.85. The molecule has 0 heterocycles. The molecule has 0 amide bonds. The predicted octanol–water partition coefficient (Wildman–Crippen LogP) is 0.658. The molecule has 0 aliphatic heterocycles. The van der Waals surface area contributed by atoms with Crippen molar-refractivity contribution in [2.24, 2.45) is 0 Å². The first kappa shape index (κ1) is 9.42. The Balaban J connectivity index is 4.52. The molecule has 0 bridgehead atoms. The summed E-state index contributed by atoms with van der Waals surface area (Å²) in [5.74, 6) is -2.15. The van der Waals surface area contributed by atoms with Crippen LogP contribution in [0.1, 0.15) is 6.92 Å². The third kappa shape index (κ3) is 3.20. The van der Waals surface area contributed by atoms with Crippen molar-refractivity contribution < 1.29 is 19.8 Å². The van der Waals surface area contributed by atoms with Gasteiger partial charge in [0.1, 0.15) is 6.29 Å². The second-order valence-electron chi connectivity index (χ2n) is 1.83. The Morgan fingerprint density at radius 3 is 2.27 bits per heavy atom. The maximum absolute atomic E-state index is 10.1. The molecular formula is C7H8O4. The van der Waals surface area contributed by atoms with Gasteiger partial charge in [0, 0.05) is 0 Å². The van der Waals surface area contributed by atoms with E-state index in [4.69, 9.17) is 10.2 Å². The average Bonchev–Trinajstić information content (AvgIpc) is 1.98. The summed E-state index contributed by atoms with van der Waals surface area (Å²) in [5, 5.41) is 17.0. The second kappa shape index (κ2) is 4.27. The number of aliphatic carboxylic acids is 1. The maximum Gasteiger partial charge on any atom is 0.371 e. The average molecular weight is 156 g/mol. The second-order valence-corrected chi connectivity index (χ2v) is 1.83. The molecule has 11 heavy (non-hydrogen) atoms. The zero-order valence-electron chi connectivity index (χ0n) is 5.94. The van der Waals surface area contributed by atoms with Crippen molar-refractivity contribution in [3.63, 3.8) is 0 Å². The number of aldehydes is 1. The molecule has 0 saturated heterocycles. The van der Waals surface area contributed by atoms with Crippen LogP contribution < -0.4 is 0 Å². The number of carboxylic acids is 1. The molecule has 0 aliphatic rings. The van der Waals surface area contributed by atoms with Gasteiger partial charge in [-0.3, -0.25) is 4.79 Å². The van der Waals surface area contributed by atoms with Crippen molar-refractivity contribution in [1.29, 1.82) is 0 Å². The van der Waals surface area contributed by atoms with Gasteiger partial charge >= 0.3 is 5.97 Å². The number of carbonyl (C=O) groups excluding carboxylic acids is 1. The minimum absolute atomic E-state index is 0.143. The van der Waals surface area contributed by atoms with E-state index in [1.807, 2.05) is 0 Å². The lowest BCUT2D eigenvalue weighted by molar-refractivity contribution is -0.135. The van der Waals surface area contributed by atoms with Crippen molar-refractivity contribution in [2.45, 2.75) is 6.92 Å². The quantitative estimate of drug-likeness (QED) is 0.272. The molecule has 0 aromatic carbocycles. The lowest BCUT2D eigenvalue weighted by Crippen LogP contribution is -2.00. The number of aliphatic hydroxyl groups is 1. The third-order valence-corrected chi connectivity index (χ3v) is 1.00. The molecule has 0 unspecified atom stereocenters. The first-order chi connectivity index (χ1) is 5.09. The highest BCUT2D eigenvalue weighted by Crippen LogP contribution is 2.01. The van der Waals surface area contributed by atoms with Crippen LogP contribution in [0.3, 0.4) is 0 Å². The van der Waals surface area contributed by atoms with Gasteiger partial charge in [0.15, 0.2) is 0 Å². The summed E-state index contributed by atoms with van der Waals surface area (Å²) < 4.78 is 0. The van der Waals surface area contributed by atoms with E-state index in [2.05, 4.69) is 0 Å². The molecule has 0 fully saturated rings. The smallest absolute Gasteiger partial charge is 0.371 e. The van der Waals surface area contributed by atoms with E-state index in [1.54, 1.807) is 0 Å². The standard InChI is InChI=1S/C7H8O4/c1-5(3-2-4-8)6(9)7(10)11/h2-4,9H,1H3,(H,10,11). The van der Waals surface area contributed by atoms with Crippen LogP contribution in [0.2, 0.25) is 0 Å². The number of hydrogen-bond acceptors (Lipinski definition) is 3. The molecule has 60 valence electrons. The SMILES string of the molecule is CC(C=CC=O)=C(O)C(=O)O. The number of allylic oxidation sites excluding steroid dienone is 3. The zero-order chi connectivity index (χ0) is 8.85. The highest BCUT2D eigenvalue weighted by Gasteiger charge is 2.05. The van der Waals surface area contributed by atoms with Crippen molar-refractivity contribution in [1.82, 2.24) is 0 Å². The molecule has 0 rings (SSSR count). The van der Waals surface area contributed by atoms with Crippen LogP contribution in [0.15, 0.2) is 23.5 Å². The van der Waals surface area contributed by atoms with Crippen LogP contribution in [0.25, 0.3) is 0 Å². The Bertz CT molecular complexity index is 225. The van der Waals surface area contributed by atoms with E-state index in [9.17, 15) is 9.59 Å². The van der Waals surface area contributed by atoms with Gasteiger partial charge in [-0.1, -0.05) is 6.08 Å². The predicted molar refractivity (Wildman–Crippen MR) is 38.2 cm³/mol. The molecule has 0 aromatic rings. The minimum Gasteiger partial charge on any atom is -0.502 e. The van der Waals surface area contributed by atoms with Crippen molar-refractivity contribution >= 4 is 12.3 Å². The van der Waals surface area contributed by atoms with E-state index < -0.39 is 11.7 Å². The lowest BCUT2D eigenvalue weighted by atomic mass is 10.2. The van der Waals surface area contributed by atoms with Gasteiger partial charge in [-0.2, -0.15) is 0 Å². The largest absolute Gasteiger partial charge is 0.502 e. The molecule has 4 nitrogen and oxygen atoms in total. The van der Waals surface area contributed by atoms with Gasteiger partial charge in [-0.25, -0.2) is 4.79 Å². The maximum atomic E-state index is 10.1. The summed E-state index contributed by atoms with van der Waals surface area (Å²) in [7, 11) is 0. The van der Waals surface area contributed by atoms with Gasteiger partial charge in [0.2, 0.25) is 5.76 Å². The van der Waals surface area contributed by atoms with Crippen LogP contribution in [0.4, 0.5) is 0 Å². The van der Waals surface area contributed by atoms with Crippen molar-refractivity contribution in [3.8, 4) is 0 Å². The minimum atomic E-state index is -1.40. The summed E-state index contributed by atoms with van der Waals surface area (Å²) in [6, 6.07) is 0. The summed E-state index contributed by atoms with van der Waals surface area (Å²) >= 11 is 0. The van der Waals surface area contributed by atoms with Gasteiger partial charge in [0.25, 0.3) is 0 Å². The molecule has 0 aliphatic carbocycles. The zero-order valence-corrected chi connectivity index (χ0v) is 5.94. The van der Waals surface area contributed by atoms with Crippen LogP contribution in [-0.4, -0.2) is 22.5 Å². The molecule has 2 N–H and O–H groups in total. The number of carbonyl (C=O) groups is 2. The fourth-order valence-corrected chi connectivity index (χ4v) is 0.431. The molecule has 0 spiro atoms. The monoisotopic (exact) mass is 156 g/mol. The first-order valence-corrected chi connectivity index (χ1v) is 2.84. The highest BCUT2D eigenvalue weighted by atomic mass is 16.4. The number of rotatable bonds is 3. The summed E-state index contributed by atoms with van der Waals surface area (Å²) in [5.41, 5.74) is 0.143. The van der Waals surface area contributed by atoms with Crippen molar-refractivity contribution in [3.05, 3.63) is 23.5 Å². The summed E-state index contributed by atoms with van der Waals surface area (Å²) in [6.45, 7) is 1.39. The molecule has 0 atom stereocenters. The molecule has 4 heteroatoms. The van der Waals surface area contributed by atoms with Crippen LogP contribution in [0.5, 0.6) is 0 Å². The number of hydrogen-bond donors (Lipinski definition) is 2. The van der Waals surface area contributed by atoms with E-state index in [0.717, 1.165) is 6.08 Å². The summed E-state index contributed by atoms with van der Waals surface area (Å²) in [4.78, 5) is 19.8. The Hall–Kier alpha value is -1.58. The van der Waals surface area contributed by atoms with E-state index in [0.29, 0.717) is 6.29 Å². The van der Waals surface area contributed by atoms with Gasteiger partial charge in [-0.05, 0) is 18.6 Å². The third-order valence-electron chi connectivity index (χ3n) is 1.00. The Kier molecular flexibility index (Phi) is 3.66. The van der Waals surface area contributed by atoms with Gasteiger partial charge in [-0.15, -0.1) is 0 Å². The molecule has 0 aromatic heterocycles. The van der Waals surface area contributed by atoms with E-state index >= 15 is 0 Å². The fourth-order valence-electron chi connectivity index (χ4n) is 0.431. The first-order valence-electron chi connectivity index (χ1n) is 2.84. The molecule has 0 saturated carbocycles. The Morgan fingerprint density at radius 1 is 1.36 bits per heavy atom. The number of carboxylic acid groups (broad SMARTS) is 1. The van der Waals surface area contributed by atoms with Gasteiger partial charge in [0.05, 0.1) is 0 Å². The Morgan fingerprint density at radius 2 is 1.91 bits per heavy atom. The van der Waals surface area contributed by atoms with E-state index in [1.165, 1.54) is 13.0 Å². The van der Waals surface area contributed by atoms with Crippen LogP contribution in [-0.2, 0) is 9.59 Å². The normalized spacial score (nSPS) is 12.8. The Labute approximate surface area is 63.5 Å². The topological polar surface area (TPSA) is 74.6 Å². The molecular weight excluding hydrogens is 148 g/mol. The molecule has 0 radical (unpaired) electrons. The van der Waals surface area contributed by atoms with Crippen molar-refractivity contribution in [2.75, 3.05) is 0 Å². The van der Waals surface area contributed by atoms with Crippen LogP contribution >= 0.6 is 0 Å². The summed E-state index contributed by atoms with van der Waals surface area (Å²) in [6.07, 6.45) is 2.82. The van der Waals surface area contributed by atoms with E-state index in [-0.39, 0.29) is 5.57 Å². The number of aliphatic hydroxyl groups excluding tert-OH is 1. The lowest BCUT2D eigenvalue weighted by Gasteiger charge is -1.93.